The van der Waals surface area contributed by atoms with Gasteiger partial charge in [-0.25, -0.2) is 4.79 Å². The Morgan fingerprint density at radius 2 is 1.79 bits per heavy atom. The van der Waals surface area contributed by atoms with Crippen molar-refractivity contribution in [3.05, 3.63) is 52.0 Å². The van der Waals surface area contributed by atoms with Crippen molar-refractivity contribution >= 4 is 40.8 Å². The molecule has 0 bridgehead atoms. The zero-order chi connectivity index (χ0) is 20.3. The molecule has 8 heteroatoms. The summed E-state index contributed by atoms with van der Waals surface area (Å²) in [6.07, 6.45) is 0.759. The summed E-state index contributed by atoms with van der Waals surface area (Å²) in [5.74, 6) is -0.150. The molecule has 0 saturated heterocycles. The fraction of sp³-hybridized carbons (Fsp3) is 0.300. The second-order valence-corrected chi connectivity index (χ2v) is 7.69. The van der Waals surface area contributed by atoms with Crippen LogP contribution < -0.4 is 14.8 Å². The Hall–Kier alpha value is -2.44. The van der Waals surface area contributed by atoms with Crippen molar-refractivity contribution in [2.24, 2.45) is 0 Å². The van der Waals surface area contributed by atoms with Gasteiger partial charge < -0.3 is 19.5 Å². The van der Waals surface area contributed by atoms with Crippen molar-refractivity contribution in [2.45, 2.75) is 25.9 Å². The molecule has 0 spiro atoms. The Morgan fingerprint density at radius 1 is 1.11 bits per heavy atom. The third kappa shape index (κ3) is 4.88. The number of hydrogen-bond donors (Lipinski definition) is 1. The van der Waals surface area contributed by atoms with Crippen molar-refractivity contribution in [3.63, 3.8) is 0 Å². The van der Waals surface area contributed by atoms with Gasteiger partial charge in [0.15, 0.2) is 24.7 Å². The lowest BCUT2D eigenvalue weighted by atomic mass is 10.0. The van der Waals surface area contributed by atoms with Gasteiger partial charge in [0.1, 0.15) is 5.60 Å². The Morgan fingerprint density at radius 3 is 2.50 bits per heavy atom. The van der Waals surface area contributed by atoms with Crippen LogP contribution in [0.3, 0.4) is 0 Å². The minimum atomic E-state index is -0.685. The standard InChI is InChI=1S/C20H19Cl2NO5/c1-20(2)9-12-5-3-8-15(19(12)28-20)26-11-17(25)27-10-16(24)23-18-13(21)6-4-7-14(18)22/h3-8H,9-11H2,1-2H3,(H,23,24). The highest BCUT2D eigenvalue weighted by Gasteiger charge is 2.32. The smallest absolute Gasteiger partial charge is 0.344 e. The highest BCUT2D eigenvalue weighted by Crippen LogP contribution is 2.41. The highest BCUT2D eigenvalue weighted by atomic mass is 35.5. The first-order valence-electron chi connectivity index (χ1n) is 8.58. The number of amides is 1. The average Bonchev–Trinajstić information content (AvgIpc) is 2.95. The largest absolute Gasteiger partial charge is 0.483 e. The lowest BCUT2D eigenvalue weighted by molar-refractivity contribution is -0.149. The SMILES string of the molecule is CC1(C)Cc2cccc(OCC(=O)OCC(=O)Nc3c(Cl)cccc3Cl)c2O1. The molecule has 2 aromatic rings. The van der Waals surface area contributed by atoms with Gasteiger partial charge in [-0.2, -0.15) is 0 Å². The molecular formula is C20H19Cl2NO5. The normalized spacial score (nSPS) is 14.0. The summed E-state index contributed by atoms with van der Waals surface area (Å²) in [7, 11) is 0. The van der Waals surface area contributed by atoms with E-state index in [0.717, 1.165) is 12.0 Å². The van der Waals surface area contributed by atoms with Gasteiger partial charge in [-0.15, -0.1) is 0 Å². The minimum Gasteiger partial charge on any atom is -0.483 e. The molecule has 0 saturated carbocycles. The quantitative estimate of drug-likeness (QED) is 0.702. The van der Waals surface area contributed by atoms with Crippen LogP contribution in [0.1, 0.15) is 19.4 Å². The van der Waals surface area contributed by atoms with Crippen molar-refractivity contribution in [3.8, 4) is 11.5 Å². The second-order valence-electron chi connectivity index (χ2n) is 6.88. The second kappa shape index (κ2) is 8.29. The van der Waals surface area contributed by atoms with E-state index in [1.165, 1.54) is 0 Å². The molecule has 6 nitrogen and oxygen atoms in total. The van der Waals surface area contributed by atoms with Crippen LogP contribution >= 0.6 is 23.2 Å². The van der Waals surface area contributed by atoms with Crippen molar-refractivity contribution in [1.82, 2.24) is 0 Å². The van der Waals surface area contributed by atoms with Crippen LogP contribution in [0.15, 0.2) is 36.4 Å². The number of ether oxygens (including phenoxy) is 3. The summed E-state index contributed by atoms with van der Waals surface area (Å²) >= 11 is 12.0. The van der Waals surface area contributed by atoms with E-state index in [1.807, 2.05) is 26.0 Å². The first kappa shape index (κ1) is 20.3. The third-order valence-corrected chi connectivity index (χ3v) is 4.62. The van der Waals surface area contributed by atoms with Gasteiger partial charge in [0, 0.05) is 12.0 Å². The molecule has 0 unspecified atom stereocenters. The van der Waals surface area contributed by atoms with Crippen molar-refractivity contribution < 1.29 is 23.8 Å². The van der Waals surface area contributed by atoms with E-state index in [4.69, 9.17) is 37.4 Å². The molecule has 1 N–H and O–H groups in total. The van der Waals surface area contributed by atoms with Crippen LogP contribution in [0, 0.1) is 0 Å². The highest BCUT2D eigenvalue weighted by molar-refractivity contribution is 6.39. The van der Waals surface area contributed by atoms with Gasteiger partial charge >= 0.3 is 5.97 Å². The molecule has 148 valence electrons. The topological polar surface area (TPSA) is 73.9 Å². The number of carbonyl (C=O) groups is 2. The zero-order valence-electron chi connectivity index (χ0n) is 15.4. The van der Waals surface area contributed by atoms with E-state index >= 15 is 0 Å². The predicted octanol–water partition coefficient (Wildman–Crippen LogP) is 4.27. The number of nitrogens with one attached hydrogen (secondary N) is 1. The zero-order valence-corrected chi connectivity index (χ0v) is 16.9. The minimum absolute atomic E-state index is 0.266. The molecule has 1 heterocycles. The lowest BCUT2D eigenvalue weighted by Gasteiger charge is -2.18. The molecule has 2 aromatic carbocycles. The van der Waals surface area contributed by atoms with E-state index < -0.39 is 18.5 Å². The number of benzene rings is 2. The molecule has 1 aliphatic heterocycles. The van der Waals surface area contributed by atoms with Crippen LogP contribution in [0.25, 0.3) is 0 Å². The first-order chi connectivity index (χ1) is 13.2. The van der Waals surface area contributed by atoms with Crippen LogP contribution in [-0.2, 0) is 20.7 Å². The summed E-state index contributed by atoms with van der Waals surface area (Å²) in [6.45, 7) is 3.13. The summed E-state index contributed by atoms with van der Waals surface area (Å²) in [6, 6.07) is 10.3. The van der Waals surface area contributed by atoms with Crippen molar-refractivity contribution in [2.75, 3.05) is 18.5 Å². The first-order valence-corrected chi connectivity index (χ1v) is 9.34. The lowest BCUT2D eigenvalue weighted by Crippen LogP contribution is -2.25. The van der Waals surface area contributed by atoms with Crippen LogP contribution in [-0.4, -0.2) is 30.7 Å². The van der Waals surface area contributed by atoms with Gasteiger partial charge in [-0.1, -0.05) is 41.4 Å². The molecule has 0 aliphatic carbocycles. The number of para-hydroxylation sites is 2. The van der Waals surface area contributed by atoms with Crippen molar-refractivity contribution in [1.29, 1.82) is 0 Å². The van der Waals surface area contributed by atoms with E-state index in [1.54, 1.807) is 24.3 Å². The number of fused-ring (bicyclic) bond motifs is 1. The number of rotatable bonds is 6. The molecule has 1 amide bonds. The third-order valence-electron chi connectivity index (χ3n) is 3.99. The molecule has 28 heavy (non-hydrogen) atoms. The molecule has 0 fully saturated rings. The Bertz CT molecular complexity index is 893. The fourth-order valence-electron chi connectivity index (χ4n) is 2.82. The van der Waals surface area contributed by atoms with Crippen LogP contribution in [0.5, 0.6) is 11.5 Å². The maximum atomic E-state index is 12.0. The molecule has 0 aromatic heterocycles. The number of hydrogen-bond acceptors (Lipinski definition) is 5. The number of anilines is 1. The fourth-order valence-corrected chi connectivity index (χ4v) is 3.31. The van der Waals surface area contributed by atoms with E-state index in [0.29, 0.717) is 11.5 Å². The number of carbonyl (C=O) groups excluding carboxylic acids is 2. The summed E-state index contributed by atoms with van der Waals surface area (Å²) in [5.41, 5.74) is 0.968. The Balaban J connectivity index is 1.50. The summed E-state index contributed by atoms with van der Waals surface area (Å²) in [5, 5.41) is 3.09. The molecule has 3 rings (SSSR count). The summed E-state index contributed by atoms with van der Waals surface area (Å²) in [4.78, 5) is 23.9. The van der Waals surface area contributed by atoms with E-state index in [9.17, 15) is 9.59 Å². The van der Waals surface area contributed by atoms with Crippen LogP contribution in [0.4, 0.5) is 5.69 Å². The molecule has 1 aliphatic rings. The maximum Gasteiger partial charge on any atom is 0.344 e. The summed E-state index contributed by atoms with van der Waals surface area (Å²) < 4.78 is 16.3. The Labute approximate surface area is 172 Å². The predicted molar refractivity (Wildman–Crippen MR) is 106 cm³/mol. The van der Waals surface area contributed by atoms with E-state index in [-0.39, 0.29) is 27.9 Å². The van der Waals surface area contributed by atoms with Gasteiger partial charge in [-0.05, 0) is 32.0 Å². The number of halogens is 2. The molecular weight excluding hydrogens is 405 g/mol. The maximum absolute atomic E-state index is 12.0. The van der Waals surface area contributed by atoms with Crippen LogP contribution in [0.2, 0.25) is 10.0 Å². The molecule has 0 radical (unpaired) electrons. The monoisotopic (exact) mass is 423 g/mol. The van der Waals surface area contributed by atoms with Gasteiger partial charge in [-0.3, -0.25) is 4.79 Å². The Kier molecular flexibility index (Phi) is 6.01. The molecule has 0 atom stereocenters. The number of esters is 1. The van der Waals surface area contributed by atoms with Gasteiger partial charge in [0.25, 0.3) is 5.91 Å². The van der Waals surface area contributed by atoms with E-state index in [2.05, 4.69) is 5.32 Å². The average molecular weight is 424 g/mol. The van der Waals surface area contributed by atoms with Gasteiger partial charge in [0.2, 0.25) is 0 Å². The van der Waals surface area contributed by atoms with Gasteiger partial charge in [0.05, 0.1) is 15.7 Å².